The van der Waals surface area contributed by atoms with E-state index in [0.717, 1.165) is 24.0 Å². The lowest BCUT2D eigenvalue weighted by molar-refractivity contribution is -0.141. The van der Waals surface area contributed by atoms with Gasteiger partial charge < -0.3 is 26.0 Å². The molecule has 2 atom stereocenters. The summed E-state index contributed by atoms with van der Waals surface area (Å²) in [5.74, 6) is -1.47. The number of hydrogen-bond acceptors (Lipinski definition) is 5. The molecular formula is C31H44N4O5. The Kier molecular flexibility index (Phi) is 12.2. The molecule has 0 heterocycles. The molecule has 0 aliphatic rings. The van der Waals surface area contributed by atoms with Gasteiger partial charge in [-0.2, -0.15) is 0 Å². The van der Waals surface area contributed by atoms with Crippen LogP contribution >= 0.6 is 0 Å². The maximum Gasteiger partial charge on any atom is 0.408 e. The van der Waals surface area contributed by atoms with Crippen molar-refractivity contribution >= 4 is 29.5 Å². The van der Waals surface area contributed by atoms with Gasteiger partial charge in [-0.25, -0.2) is 4.79 Å². The third-order valence-corrected chi connectivity index (χ3v) is 6.27. The van der Waals surface area contributed by atoms with Crippen molar-refractivity contribution in [1.82, 2.24) is 10.2 Å². The number of carbonyl (C=O) groups is 4. The largest absolute Gasteiger partial charge is 0.444 e. The normalized spacial score (nSPS) is 12.7. The van der Waals surface area contributed by atoms with Crippen LogP contribution < -0.4 is 16.4 Å². The Labute approximate surface area is 237 Å². The van der Waals surface area contributed by atoms with Crippen LogP contribution in [0.5, 0.6) is 0 Å². The van der Waals surface area contributed by atoms with Crippen LogP contribution in [0.15, 0.2) is 48.5 Å². The van der Waals surface area contributed by atoms with Crippen LogP contribution in [-0.4, -0.2) is 46.9 Å². The number of alkyl carbamates (subject to hydrolysis) is 1. The predicted octanol–water partition coefficient (Wildman–Crippen LogP) is 5.16. The molecule has 0 fully saturated rings. The third-order valence-electron chi connectivity index (χ3n) is 6.27. The second kappa shape index (κ2) is 15.1. The van der Waals surface area contributed by atoms with E-state index in [1.54, 1.807) is 20.8 Å². The summed E-state index contributed by atoms with van der Waals surface area (Å²) in [5.41, 5.74) is 7.70. The second-order valence-electron chi connectivity index (χ2n) is 11.1. The molecule has 2 rings (SSSR count). The molecule has 0 bridgehead atoms. The number of ether oxygens (including phenoxy) is 1. The molecule has 0 spiro atoms. The Hall–Kier alpha value is -3.88. The van der Waals surface area contributed by atoms with Crippen molar-refractivity contribution < 1.29 is 23.9 Å². The number of anilines is 1. The molecule has 4 N–H and O–H groups in total. The third kappa shape index (κ3) is 10.4. The van der Waals surface area contributed by atoms with Crippen molar-refractivity contribution in [3.05, 3.63) is 65.2 Å². The van der Waals surface area contributed by atoms with Crippen LogP contribution in [0.25, 0.3) is 0 Å². The maximum absolute atomic E-state index is 14.2. The average Bonchev–Trinajstić information content (AvgIpc) is 2.86. The molecule has 0 aromatic heterocycles. The van der Waals surface area contributed by atoms with Gasteiger partial charge in [0.2, 0.25) is 11.8 Å². The summed E-state index contributed by atoms with van der Waals surface area (Å²) in [6.07, 6.45) is 1.46. The average molecular weight is 553 g/mol. The zero-order valence-corrected chi connectivity index (χ0v) is 24.6. The highest BCUT2D eigenvalue weighted by Gasteiger charge is 2.36. The smallest absolute Gasteiger partial charge is 0.408 e. The summed E-state index contributed by atoms with van der Waals surface area (Å²) >= 11 is 0. The molecule has 0 radical (unpaired) electrons. The summed E-state index contributed by atoms with van der Waals surface area (Å²) in [4.78, 5) is 54.0. The number of nitrogens with two attached hydrogens (primary N) is 1. The zero-order valence-electron chi connectivity index (χ0n) is 24.6. The summed E-state index contributed by atoms with van der Waals surface area (Å²) in [7, 11) is 0. The van der Waals surface area contributed by atoms with Crippen LogP contribution in [0.2, 0.25) is 0 Å². The number of nitrogens with one attached hydrogen (secondary N) is 2. The number of amides is 4. The lowest BCUT2D eigenvalue weighted by atomic mass is 9.99. The number of benzene rings is 2. The fourth-order valence-electron chi connectivity index (χ4n) is 4.32. The van der Waals surface area contributed by atoms with E-state index in [1.165, 1.54) is 4.90 Å². The van der Waals surface area contributed by atoms with Gasteiger partial charge in [-0.05, 0) is 64.7 Å². The highest BCUT2D eigenvalue weighted by Crippen LogP contribution is 2.27. The monoisotopic (exact) mass is 552 g/mol. The van der Waals surface area contributed by atoms with Crippen molar-refractivity contribution in [1.29, 1.82) is 0 Å². The SMILES string of the molecule is CCCCCN(C(=O)C(CCC(N)=O)NC(=O)OC(C)(C)C)C(C(=O)Nc1ccccc1C)c1cccc(C)c1. The fraction of sp³-hybridized carbons (Fsp3) is 0.484. The van der Waals surface area contributed by atoms with Crippen molar-refractivity contribution in [3.8, 4) is 0 Å². The van der Waals surface area contributed by atoms with Gasteiger partial charge in [0.1, 0.15) is 17.7 Å². The van der Waals surface area contributed by atoms with Crippen molar-refractivity contribution in [2.75, 3.05) is 11.9 Å². The molecule has 0 aliphatic heterocycles. The summed E-state index contributed by atoms with van der Waals surface area (Å²) in [6, 6.07) is 12.8. The van der Waals surface area contributed by atoms with Gasteiger partial charge >= 0.3 is 6.09 Å². The van der Waals surface area contributed by atoms with Crippen LogP contribution in [0.3, 0.4) is 0 Å². The Morgan fingerprint density at radius 2 is 1.70 bits per heavy atom. The van der Waals surface area contributed by atoms with Crippen LogP contribution in [0.4, 0.5) is 10.5 Å². The molecule has 0 saturated carbocycles. The van der Waals surface area contributed by atoms with Gasteiger partial charge in [-0.15, -0.1) is 0 Å². The van der Waals surface area contributed by atoms with E-state index in [1.807, 2.05) is 62.4 Å². The van der Waals surface area contributed by atoms with E-state index >= 15 is 0 Å². The minimum atomic E-state index is -1.12. The first kappa shape index (κ1) is 32.3. The molecule has 0 aliphatic carbocycles. The molecule has 2 unspecified atom stereocenters. The van der Waals surface area contributed by atoms with E-state index in [-0.39, 0.29) is 25.3 Å². The number of unbranched alkanes of at least 4 members (excludes halogenated alkanes) is 2. The highest BCUT2D eigenvalue weighted by molar-refractivity contribution is 5.99. The first-order valence-corrected chi connectivity index (χ1v) is 13.8. The molecule has 0 saturated heterocycles. The Morgan fingerprint density at radius 3 is 2.30 bits per heavy atom. The number of hydrogen-bond donors (Lipinski definition) is 3. The molecule has 40 heavy (non-hydrogen) atoms. The number of rotatable bonds is 13. The number of primary amides is 1. The molecule has 218 valence electrons. The molecule has 4 amide bonds. The maximum atomic E-state index is 14.2. The Bertz CT molecular complexity index is 1170. The predicted molar refractivity (Wildman–Crippen MR) is 157 cm³/mol. The second-order valence-corrected chi connectivity index (χ2v) is 11.1. The van der Waals surface area contributed by atoms with Gasteiger partial charge in [-0.1, -0.05) is 67.8 Å². The van der Waals surface area contributed by atoms with Gasteiger partial charge in [0.25, 0.3) is 5.91 Å². The highest BCUT2D eigenvalue weighted by atomic mass is 16.6. The summed E-state index contributed by atoms with van der Waals surface area (Å²) in [6.45, 7) is 11.3. The molecule has 9 heteroatoms. The van der Waals surface area contributed by atoms with Gasteiger partial charge in [0, 0.05) is 18.7 Å². The lowest BCUT2D eigenvalue weighted by Gasteiger charge is -2.35. The Balaban J connectivity index is 2.55. The zero-order chi connectivity index (χ0) is 29.9. The van der Waals surface area contributed by atoms with Crippen molar-refractivity contribution in [2.24, 2.45) is 5.73 Å². The first-order chi connectivity index (χ1) is 18.8. The van der Waals surface area contributed by atoms with E-state index in [4.69, 9.17) is 10.5 Å². The number of para-hydroxylation sites is 1. The minimum Gasteiger partial charge on any atom is -0.444 e. The fourth-order valence-corrected chi connectivity index (χ4v) is 4.32. The van der Waals surface area contributed by atoms with Gasteiger partial charge in [0.15, 0.2) is 0 Å². The van der Waals surface area contributed by atoms with Crippen LogP contribution in [-0.2, 0) is 19.1 Å². The van der Waals surface area contributed by atoms with E-state index in [2.05, 4.69) is 17.6 Å². The van der Waals surface area contributed by atoms with Crippen molar-refractivity contribution in [3.63, 3.8) is 0 Å². The minimum absolute atomic E-state index is 0.0301. The lowest BCUT2D eigenvalue weighted by Crippen LogP contribution is -2.52. The van der Waals surface area contributed by atoms with E-state index in [9.17, 15) is 19.2 Å². The Morgan fingerprint density at radius 1 is 1.00 bits per heavy atom. The van der Waals surface area contributed by atoms with Crippen LogP contribution in [0, 0.1) is 13.8 Å². The van der Waals surface area contributed by atoms with E-state index < -0.39 is 35.6 Å². The topological polar surface area (TPSA) is 131 Å². The summed E-state index contributed by atoms with van der Waals surface area (Å²) < 4.78 is 5.39. The quantitative estimate of drug-likeness (QED) is 0.296. The number of nitrogens with zero attached hydrogens (tertiary/aromatic N) is 1. The number of carbonyl (C=O) groups excluding carboxylic acids is 4. The molecule has 2 aromatic rings. The number of aryl methyl sites for hydroxylation is 2. The van der Waals surface area contributed by atoms with Gasteiger partial charge in [0.05, 0.1) is 0 Å². The molecule has 9 nitrogen and oxygen atoms in total. The van der Waals surface area contributed by atoms with E-state index in [0.29, 0.717) is 17.7 Å². The van der Waals surface area contributed by atoms with Crippen molar-refractivity contribution in [2.45, 2.75) is 91.3 Å². The van der Waals surface area contributed by atoms with Crippen LogP contribution in [0.1, 0.15) is 82.5 Å². The first-order valence-electron chi connectivity index (χ1n) is 13.8. The summed E-state index contributed by atoms with van der Waals surface area (Å²) in [5, 5.41) is 5.62. The van der Waals surface area contributed by atoms with Gasteiger partial charge in [-0.3, -0.25) is 14.4 Å². The molecule has 2 aromatic carbocycles. The standard InChI is InChI=1S/C31H44N4O5/c1-7-8-11-19-35(29(38)25(17-18-26(32)36)34-30(39)40-31(4,5)6)27(23-15-12-13-21(2)20-23)28(37)33-24-16-10-9-14-22(24)3/h9-10,12-16,20,25,27H,7-8,11,17-19H2,1-6H3,(H2,32,36)(H,33,37)(H,34,39). The molecular weight excluding hydrogens is 508 g/mol.